The molecule has 0 radical (unpaired) electrons. The Hall–Kier alpha value is -4.14. The molecule has 0 spiro atoms. The minimum atomic E-state index is -1.14. The van der Waals surface area contributed by atoms with Crippen LogP contribution in [-0.2, 0) is 27.2 Å². The highest BCUT2D eigenvalue weighted by molar-refractivity contribution is 5.92. The number of nitrogens with zero attached hydrogens (tertiary/aromatic N) is 1. The van der Waals surface area contributed by atoms with Crippen molar-refractivity contribution >= 4 is 39.7 Å². The SMILES string of the molecule is CC(C)[C@H](NC(=O)Cc1nc2ccccc2[nH]1)C(=O)N[C@@H](Cc1c[nH]c2ccccc12)C(=O)O. The maximum Gasteiger partial charge on any atom is 0.326 e. The normalized spacial score (nSPS) is 13.1. The number of hydrogen-bond donors (Lipinski definition) is 5. The molecular weight excluding hydrogens is 434 g/mol. The van der Waals surface area contributed by atoms with Crippen LogP contribution in [-0.4, -0.2) is 49.9 Å². The lowest BCUT2D eigenvalue weighted by molar-refractivity contribution is -0.142. The van der Waals surface area contributed by atoms with Gasteiger partial charge in [-0.05, 0) is 29.7 Å². The van der Waals surface area contributed by atoms with Gasteiger partial charge in [0.2, 0.25) is 11.8 Å². The zero-order valence-corrected chi connectivity index (χ0v) is 19.0. The second-order valence-corrected chi connectivity index (χ2v) is 8.63. The number of H-pyrrole nitrogens is 2. The van der Waals surface area contributed by atoms with Gasteiger partial charge in [-0.3, -0.25) is 9.59 Å². The molecule has 9 heteroatoms. The van der Waals surface area contributed by atoms with E-state index in [9.17, 15) is 19.5 Å². The van der Waals surface area contributed by atoms with Crippen LogP contribution < -0.4 is 10.6 Å². The second kappa shape index (κ2) is 9.78. The van der Waals surface area contributed by atoms with Gasteiger partial charge in [-0.25, -0.2) is 9.78 Å². The van der Waals surface area contributed by atoms with E-state index in [4.69, 9.17) is 0 Å². The number of para-hydroxylation sites is 3. The van der Waals surface area contributed by atoms with Crippen LogP contribution in [0.3, 0.4) is 0 Å². The Morgan fingerprint density at radius 1 is 1.00 bits per heavy atom. The van der Waals surface area contributed by atoms with Gasteiger partial charge in [0.25, 0.3) is 0 Å². The number of rotatable bonds is 9. The summed E-state index contributed by atoms with van der Waals surface area (Å²) in [6, 6.07) is 13.0. The number of nitrogens with one attached hydrogen (secondary N) is 4. The molecule has 0 aliphatic heterocycles. The largest absolute Gasteiger partial charge is 0.480 e. The van der Waals surface area contributed by atoms with Crippen molar-refractivity contribution in [2.75, 3.05) is 0 Å². The summed E-state index contributed by atoms with van der Waals surface area (Å²) in [6.07, 6.45) is 1.84. The van der Waals surface area contributed by atoms with Crippen molar-refractivity contribution in [2.45, 2.75) is 38.8 Å². The molecule has 4 aromatic rings. The van der Waals surface area contributed by atoms with Gasteiger partial charge in [-0.1, -0.05) is 44.2 Å². The first-order valence-corrected chi connectivity index (χ1v) is 11.1. The van der Waals surface area contributed by atoms with Crippen LogP contribution in [0.15, 0.2) is 54.7 Å². The molecule has 176 valence electrons. The van der Waals surface area contributed by atoms with Crippen LogP contribution in [0.4, 0.5) is 0 Å². The van der Waals surface area contributed by atoms with E-state index >= 15 is 0 Å². The van der Waals surface area contributed by atoms with Crippen LogP contribution in [0, 0.1) is 5.92 Å². The number of aromatic amines is 2. The number of carboxylic acid groups (broad SMARTS) is 1. The number of carbonyl (C=O) groups excluding carboxylic acids is 2. The second-order valence-electron chi connectivity index (χ2n) is 8.63. The molecule has 0 saturated heterocycles. The number of aliphatic carboxylic acids is 1. The van der Waals surface area contributed by atoms with Crippen molar-refractivity contribution in [3.8, 4) is 0 Å². The fourth-order valence-electron chi connectivity index (χ4n) is 3.98. The number of amides is 2. The summed E-state index contributed by atoms with van der Waals surface area (Å²) in [4.78, 5) is 48.2. The topological polar surface area (TPSA) is 140 Å². The van der Waals surface area contributed by atoms with Crippen molar-refractivity contribution in [3.05, 3.63) is 66.1 Å². The Labute approximate surface area is 196 Å². The smallest absolute Gasteiger partial charge is 0.326 e. The number of carboxylic acids is 1. The zero-order valence-electron chi connectivity index (χ0n) is 19.0. The van der Waals surface area contributed by atoms with Crippen LogP contribution >= 0.6 is 0 Å². The first-order chi connectivity index (χ1) is 16.3. The van der Waals surface area contributed by atoms with Gasteiger partial charge in [-0.15, -0.1) is 0 Å². The molecule has 34 heavy (non-hydrogen) atoms. The molecule has 9 nitrogen and oxygen atoms in total. The van der Waals surface area contributed by atoms with E-state index in [2.05, 4.69) is 25.6 Å². The molecular formula is C25H27N5O4. The average Bonchev–Trinajstić information content (AvgIpc) is 3.40. The standard InChI is InChI=1S/C25H27N5O4/c1-14(2)23(30-22(31)12-21-27-18-9-5-6-10-19(18)28-21)24(32)29-20(25(33)34)11-15-13-26-17-8-4-3-7-16(15)17/h3-10,13-14,20,23,26H,11-12H2,1-2H3,(H,27,28)(H,29,32)(H,30,31)(H,33,34)/t20-,23-/m0/s1. The predicted octanol–water partition coefficient (Wildman–Crippen LogP) is 2.54. The van der Waals surface area contributed by atoms with Gasteiger partial charge in [0, 0.05) is 23.5 Å². The summed E-state index contributed by atoms with van der Waals surface area (Å²) in [5.74, 6) is -1.82. The number of carbonyl (C=O) groups is 3. The van der Waals surface area contributed by atoms with Crippen molar-refractivity contribution in [2.24, 2.45) is 5.92 Å². The summed E-state index contributed by atoms with van der Waals surface area (Å²) >= 11 is 0. The van der Waals surface area contributed by atoms with Crippen molar-refractivity contribution in [3.63, 3.8) is 0 Å². The third-order valence-corrected chi connectivity index (χ3v) is 5.75. The Morgan fingerprint density at radius 2 is 1.71 bits per heavy atom. The zero-order chi connectivity index (χ0) is 24.2. The van der Waals surface area contributed by atoms with Gasteiger partial charge in [-0.2, -0.15) is 0 Å². The molecule has 2 aromatic heterocycles. The highest BCUT2D eigenvalue weighted by Crippen LogP contribution is 2.19. The van der Waals surface area contributed by atoms with E-state index in [-0.39, 0.29) is 24.7 Å². The molecule has 2 heterocycles. The molecule has 0 aliphatic rings. The first kappa shape index (κ1) is 23.0. The van der Waals surface area contributed by atoms with Gasteiger partial charge in [0.15, 0.2) is 0 Å². The molecule has 0 bridgehead atoms. The van der Waals surface area contributed by atoms with Crippen molar-refractivity contribution < 1.29 is 19.5 Å². The molecule has 0 fully saturated rings. The number of hydrogen-bond acceptors (Lipinski definition) is 4. The molecule has 2 amide bonds. The Bertz CT molecular complexity index is 1310. The molecule has 2 atom stereocenters. The van der Waals surface area contributed by atoms with E-state index in [1.807, 2.05) is 48.5 Å². The van der Waals surface area contributed by atoms with E-state index in [1.165, 1.54) is 0 Å². The summed E-state index contributed by atoms with van der Waals surface area (Å²) < 4.78 is 0. The minimum Gasteiger partial charge on any atom is -0.480 e. The van der Waals surface area contributed by atoms with Gasteiger partial charge >= 0.3 is 5.97 Å². The fraction of sp³-hybridized carbons (Fsp3) is 0.280. The van der Waals surface area contributed by atoms with Gasteiger partial charge in [0.1, 0.15) is 17.9 Å². The van der Waals surface area contributed by atoms with Crippen molar-refractivity contribution in [1.82, 2.24) is 25.6 Å². The molecule has 4 rings (SSSR count). The average molecular weight is 462 g/mol. The minimum absolute atomic E-state index is 0.0249. The molecule has 0 unspecified atom stereocenters. The van der Waals surface area contributed by atoms with E-state index < -0.39 is 24.0 Å². The summed E-state index contributed by atoms with van der Waals surface area (Å²) in [5, 5.41) is 16.0. The van der Waals surface area contributed by atoms with E-state index in [1.54, 1.807) is 20.0 Å². The lowest BCUT2D eigenvalue weighted by Gasteiger charge is -2.24. The highest BCUT2D eigenvalue weighted by atomic mass is 16.4. The maximum atomic E-state index is 13.0. The Balaban J connectivity index is 1.43. The monoisotopic (exact) mass is 461 g/mol. The number of fused-ring (bicyclic) bond motifs is 2. The van der Waals surface area contributed by atoms with Crippen molar-refractivity contribution in [1.29, 1.82) is 0 Å². The molecule has 2 aromatic carbocycles. The Morgan fingerprint density at radius 3 is 2.41 bits per heavy atom. The number of imidazole rings is 1. The Kier molecular flexibility index (Phi) is 6.62. The third kappa shape index (κ3) is 5.09. The quantitative estimate of drug-likeness (QED) is 0.261. The number of aromatic nitrogens is 3. The summed E-state index contributed by atoms with van der Waals surface area (Å²) in [6.45, 7) is 3.59. The fourth-order valence-corrected chi connectivity index (χ4v) is 3.98. The van der Waals surface area contributed by atoms with Crippen LogP contribution in [0.2, 0.25) is 0 Å². The predicted molar refractivity (Wildman–Crippen MR) is 128 cm³/mol. The lowest BCUT2D eigenvalue weighted by atomic mass is 10.0. The first-order valence-electron chi connectivity index (χ1n) is 11.1. The molecule has 5 N–H and O–H groups in total. The number of benzene rings is 2. The van der Waals surface area contributed by atoms with Crippen LogP contribution in [0.5, 0.6) is 0 Å². The summed E-state index contributed by atoms with van der Waals surface area (Å²) in [5.41, 5.74) is 3.26. The molecule has 0 aliphatic carbocycles. The summed E-state index contributed by atoms with van der Waals surface area (Å²) in [7, 11) is 0. The third-order valence-electron chi connectivity index (χ3n) is 5.75. The van der Waals surface area contributed by atoms with Gasteiger partial charge in [0.05, 0.1) is 17.5 Å². The van der Waals surface area contributed by atoms with E-state index in [0.717, 1.165) is 27.5 Å². The van der Waals surface area contributed by atoms with Crippen LogP contribution in [0.1, 0.15) is 25.2 Å². The maximum absolute atomic E-state index is 13.0. The van der Waals surface area contributed by atoms with Gasteiger partial charge < -0.3 is 25.7 Å². The highest BCUT2D eigenvalue weighted by Gasteiger charge is 2.29. The molecule has 0 saturated carbocycles. The van der Waals surface area contributed by atoms with Crippen LogP contribution in [0.25, 0.3) is 21.9 Å². The van der Waals surface area contributed by atoms with E-state index in [0.29, 0.717) is 5.82 Å². The lowest BCUT2D eigenvalue weighted by Crippen LogP contribution is -2.54.